The van der Waals surface area contributed by atoms with Crippen LogP contribution in [0.15, 0.2) is 55.2 Å². The van der Waals surface area contributed by atoms with E-state index in [9.17, 15) is 28.8 Å². The van der Waals surface area contributed by atoms with Crippen LogP contribution in [0.1, 0.15) is 29.4 Å². The average Bonchev–Trinajstić information content (AvgIpc) is 2.92. The molecule has 40 heavy (non-hydrogen) atoms. The van der Waals surface area contributed by atoms with E-state index in [0.717, 1.165) is 0 Å². The third-order valence-corrected chi connectivity index (χ3v) is 5.09. The van der Waals surface area contributed by atoms with E-state index in [-0.39, 0.29) is 23.2 Å². The Morgan fingerprint density at radius 1 is 0.875 bits per heavy atom. The number of carbonyl (C=O) groups excluding carboxylic acids is 3. The third-order valence-electron chi connectivity index (χ3n) is 5.09. The van der Waals surface area contributed by atoms with Crippen molar-refractivity contribution in [3.05, 3.63) is 102 Å². The van der Waals surface area contributed by atoms with Crippen molar-refractivity contribution >= 4 is 50.9 Å². The van der Waals surface area contributed by atoms with Gasteiger partial charge in [0.25, 0.3) is 0 Å². The minimum atomic E-state index is -0.793. The van der Waals surface area contributed by atoms with Gasteiger partial charge in [-0.2, -0.15) is 0 Å². The molecule has 0 atom stereocenters. The number of fused-ring (bicyclic) bond motifs is 2. The molecule has 0 fully saturated rings. The molecule has 0 radical (unpaired) electrons. The summed E-state index contributed by atoms with van der Waals surface area (Å²) in [4.78, 5) is 77.7. The Kier molecular flexibility index (Phi) is 10.4. The normalized spacial score (nSPS) is 9.65. The van der Waals surface area contributed by atoms with Crippen LogP contribution in [0.25, 0.3) is 31.5 Å². The summed E-state index contributed by atoms with van der Waals surface area (Å²) in [5.41, 5.74) is 0.940. The van der Waals surface area contributed by atoms with E-state index in [2.05, 4.69) is 33.5 Å². The van der Waals surface area contributed by atoms with E-state index < -0.39 is 28.7 Å². The van der Waals surface area contributed by atoms with Crippen molar-refractivity contribution in [3.8, 4) is 0 Å². The zero-order valence-corrected chi connectivity index (χ0v) is 21.7. The lowest BCUT2D eigenvalue weighted by Gasteiger charge is -2.06. The second kappa shape index (κ2) is 13.6. The molecule has 0 saturated heterocycles. The number of hydrogen-bond acceptors (Lipinski definition) is 9. The van der Waals surface area contributed by atoms with Crippen LogP contribution in [0.4, 0.5) is 11.4 Å². The van der Waals surface area contributed by atoms with E-state index in [1.54, 1.807) is 19.1 Å². The predicted octanol–water partition coefficient (Wildman–Crippen LogP) is 3.34. The van der Waals surface area contributed by atoms with Crippen molar-refractivity contribution in [2.45, 2.75) is 20.3 Å². The predicted molar refractivity (Wildman–Crippen MR) is 144 cm³/mol. The van der Waals surface area contributed by atoms with Crippen LogP contribution in [0.3, 0.4) is 0 Å². The number of esters is 2. The Bertz CT molecular complexity index is 1870. The number of aromatic amines is 2. The van der Waals surface area contributed by atoms with Gasteiger partial charge in [0.2, 0.25) is 5.43 Å². The second-order valence-corrected chi connectivity index (χ2v) is 7.89. The molecule has 2 heterocycles. The molecular weight excluding hydrogens is 524 g/mol. The van der Waals surface area contributed by atoms with Crippen LogP contribution < -0.4 is 16.8 Å². The average molecular weight is 546 g/mol. The number of pyridine rings is 1. The number of Topliss-reactive ketones (excluding diaryl/α,β-unsaturated/α-hetero) is 1. The molecule has 0 aliphatic heterocycles. The minimum Gasteiger partial charge on any atom is -0.469 e. The van der Waals surface area contributed by atoms with Gasteiger partial charge in [-0.15, -0.1) is 0 Å². The molecule has 4 aromatic rings. The van der Waals surface area contributed by atoms with Crippen LogP contribution >= 0.6 is 0 Å². The monoisotopic (exact) mass is 546 g/mol. The van der Waals surface area contributed by atoms with Crippen molar-refractivity contribution < 1.29 is 28.3 Å². The van der Waals surface area contributed by atoms with Gasteiger partial charge in [0, 0.05) is 16.6 Å². The summed E-state index contributed by atoms with van der Waals surface area (Å²) >= 11 is 0. The van der Waals surface area contributed by atoms with Gasteiger partial charge in [-0.1, -0.05) is 12.1 Å². The first-order valence-corrected chi connectivity index (χ1v) is 11.2. The molecule has 13 heteroatoms. The zero-order chi connectivity index (χ0) is 30.0. The maximum Gasteiger partial charge on any atom is 0.419 e. The molecule has 4 rings (SSSR count). The fourth-order valence-electron chi connectivity index (χ4n) is 3.25. The second-order valence-electron chi connectivity index (χ2n) is 7.89. The Hall–Kier alpha value is -5.82. The molecule has 0 unspecified atom stereocenters. The van der Waals surface area contributed by atoms with Crippen molar-refractivity contribution in [2.75, 3.05) is 14.2 Å². The number of rotatable bonds is 3. The van der Waals surface area contributed by atoms with Crippen molar-refractivity contribution in [2.24, 2.45) is 0 Å². The molecule has 2 aromatic carbocycles. The lowest BCUT2D eigenvalue weighted by Crippen LogP contribution is -2.19. The van der Waals surface area contributed by atoms with E-state index in [4.69, 9.17) is 13.1 Å². The van der Waals surface area contributed by atoms with E-state index >= 15 is 0 Å². The number of aromatic nitrogens is 2. The highest BCUT2D eigenvalue weighted by molar-refractivity contribution is 5.95. The van der Waals surface area contributed by atoms with Crippen LogP contribution in [-0.4, -0.2) is 41.9 Å². The Labute approximate surface area is 225 Å². The fourth-order valence-corrected chi connectivity index (χ4v) is 3.25. The number of benzene rings is 2. The van der Waals surface area contributed by atoms with Gasteiger partial charge in [0.05, 0.1) is 38.3 Å². The summed E-state index contributed by atoms with van der Waals surface area (Å²) in [5, 5.41) is 0.521. The quantitative estimate of drug-likeness (QED) is 0.222. The zero-order valence-electron chi connectivity index (χ0n) is 21.7. The lowest BCUT2D eigenvalue weighted by atomic mass is 10.1. The van der Waals surface area contributed by atoms with Crippen molar-refractivity contribution in [3.63, 3.8) is 0 Å². The van der Waals surface area contributed by atoms with Crippen LogP contribution in [0, 0.1) is 20.1 Å². The molecule has 0 aliphatic carbocycles. The number of aryl methyl sites for hydroxylation is 1. The van der Waals surface area contributed by atoms with Gasteiger partial charge in [-0.05, 0) is 38.1 Å². The molecular formula is C27H22N4O9. The number of nitrogens with zero attached hydrogens (tertiary/aromatic N) is 2. The van der Waals surface area contributed by atoms with Crippen LogP contribution in [0.2, 0.25) is 0 Å². The number of carbonyl (C=O) groups is 3. The summed E-state index contributed by atoms with van der Waals surface area (Å²) in [7, 11) is 2.48. The molecule has 0 amide bonds. The summed E-state index contributed by atoms with van der Waals surface area (Å²) in [5.74, 6) is -2.11. The van der Waals surface area contributed by atoms with Crippen LogP contribution in [0.5, 0.6) is 0 Å². The molecule has 0 saturated carbocycles. The first-order valence-electron chi connectivity index (χ1n) is 11.2. The standard InChI is InChI=1S/C13H10N2O3.C9H4N2O3.C5H8O3/c1-7-11(13(17)18-3)12(16)9-6-8(14-2)4-5-10(9)15-7;1-10-5-2-3-7-6(4-5)8(12)14-9(13)11-7;1-4(6)3-5(7)8-2/h4-6H,1,3H3,(H,15,16);2-4H,(H,11,13);3H2,1-2H3. The number of ether oxygens (including phenoxy) is 2. The lowest BCUT2D eigenvalue weighted by molar-refractivity contribution is -0.142. The summed E-state index contributed by atoms with van der Waals surface area (Å²) < 4.78 is 13.1. The highest BCUT2D eigenvalue weighted by Crippen LogP contribution is 2.19. The maximum absolute atomic E-state index is 12.2. The number of ketones is 1. The maximum atomic E-state index is 12.2. The highest BCUT2D eigenvalue weighted by Gasteiger charge is 2.17. The van der Waals surface area contributed by atoms with E-state index in [1.165, 1.54) is 45.4 Å². The van der Waals surface area contributed by atoms with Gasteiger partial charge in [0.1, 0.15) is 17.8 Å². The summed E-state index contributed by atoms with van der Waals surface area (Å²) in [6.45, 7) is 16.7. The first kappa shape index (κ1) is 30.4. The third kappa shape index (κ3) is 7.60. The SMILES string of the molecule is COC(=O)CC(C)=O.[C-]#[N+]c1ccc2[nH]c(=O)oc(=O)c2c1.[C-]#[N+]c1ccc2[nH]c(C)c(C(=O)OC)c(=O)c2c1. The van der Waals surface area contributed by atoms with Crippen molar-refractivity contribution in [1.82, 2.24) is 9.97 Å². The Balaban J connectivity index is 0.000000227. The first-order chi connectivity index (χ1) is 18.9. The van der Waals surface area contributed by atoms with Gasteiger partial charge in [0.15, 0.2) is 11.4 Å². The van der Waals surface area contributed by atoms with Gasteiger partial charge in [-0.25, -0.2) is 24.1 Å². The number of hydrogen-bond donors (Lipinski definition) is 2. The minimum absolute atomic E-state index is 0.0212. The largest absolute Gasteiger partial charge is 0.469 e. The molecule has 0 spiro atoms. The number of nitrogens with one attached hydrogen (secondary N) is 2. The van der Waals surface area contributed by atoms with Gasteiger partial charge in [-0.3, -0.25) is 19.4 Å². The van der Waals surface area contributed by atoms with Crippen molar-refractivity contribution in [1.29, 1.82) is 0 Å². The Morgan fingerprint density at radius 3 is 1.90 bits per heavy atom. The van der Waals surface area contributed by atoms with Gasteiger partial charge >= 0.3 is 23.3 Å². The molecule has 13 nitrogen and oxygen atoms in total. The number of H-pyrrole nitrogens is 2. The molecule has 0 bridgehead atoms. The Morgan fingerprint density at radius 2 is 1.43 bits per heavy atom. The molecule has 0 aliphatic rings. The molecule has 2 aromatic heterocycles. The van der Waals surface area contributed by atoms with E-state index in [0.29, 0.717) is 33.5 Å². The van der Waals surface area contributed by atoms with E-state index in [1.807, 2.05) is 0 Å². The summed E-state index contributed by atoms with van der Waals surface area (Å²) in [6, 6.07) is 9.13. The topological polar surface area (TPSA) is 174 Å². The fraction of sp³-hybridized carbons (Fsp3) is 0.185. The number of methoxy groups -OCH3 is 2. The molecule has 2 N–H and O–H groups in total. The highest BCUT2D eigenvalue weighted by atomic mass is 16.5. The van der Waals surface area contributed by atoms with Crippen LogP contribution in [-0.2, 0) is 19.1 Å². The summed E-state index contributed by atoms with van der Waals surface area (Å²) in [6.07, 6.45) is -0.115. The van der Waals surface area contributed by atoms with Gasteiger partial charge < -0.3 is 18.9 Å². The molecule has 204 valence electrons. The smallest absolute Gasteiger partial charge is 0.419 e.